The fraction of sp³-hybridized carbons (Fsp3) is 0.300. The van der Waals surface area contributed by atoms with Gasteiger partial charge in [0.1, 0.15) is 5.57 Å². The SMILES string of the molecule is CN1CCN(Cc2ccc(N3C(=O)C(O)=C(c4cccs4)C3=O)cc2)CC1. The van der Waals surface area contributed by atoms with Crippen molar-refractivity contribution in [1.29, 1.82) is 0 Å². The molecule has 1 aromatic heterocycles. The average Bonchev–Trinajstić information content (AvgIpc) is 3.26. The number of rotatable bonds is 4. The molecule has 6 nitrogen and oxygen atoms in total. The van der Waals surface area contributed by atoms with Crippen LogP contribution in [0.2, 0.25) is 0 Å². The molecule has 7 heteroatoms. The van der Waals surface area contributed by atoms with Crippen molar-refractivity contribution in [3.8, 4) is 0 Å². The predicted octanol–water partition coefficient (Wildman–Crippen LogP) is 2.34. The summed E-state index contributed by atoms with van der Waals surface area (Å²) in [6.07, 6.45) is 0. The highest BCUT2D eigenvalue weighted by Gasteiger charge is 2.40. The highest BCUT2D eigenvalue weighted by atomic mass is 32.1. The molecule has 0 bridgehead atoms. The van der Waals surface area contributed by atoms with E-state index in [1.54, 1.807) is 24.3 Å². The summed E-state index contributed by atoms with van der Waals surface area (Å²) in [5, 5.41) is 12.0. The smallest absolute Gasteiger partial charge is 0.301 e. The molecular formula is C20H21N3O3S. The van der Waals surface area contributed by atoms with Gasteiger partial charge in [0.2, 0.25) is 0 Å². The molecule has 0 spiro atoms. The van der Waals surface area contributed by atoms with Crippen molar-refractivity contribution in [3.05, 3.63) is 58.0 Å². The fourth-order valence-corrected chi connectivity index (χ4v) is 4.17. The minimum absolute atomic E-state index is 0.0801. The van der Waals surface area contributed by atoms with Crippen LogP contribution >= 0.6 is 11.3 Å². The van der Waals surface area contributed by atoms with E-state index in [0.29, 0.717) is 10.6 Å². The fourth-order valence-electron chi connectivity index (χ4n) is 3.41. The van der Waals surface area contributed by atoms with E-state index in [1.165, 1.54) is 11.3 Å². The summed E-state index contributed by atoms with van der Waals surface area (Å²) in [6.45, 7) is 5.03. The zero-order chi connectivity index (χ0) is 19.0. The quantitative estimate of drug-likeness (QED) is 0.821. The largest absolute Gasteiger partial charge is 0.502 e. The van der Waals surface area contributed by atoms with Crippen LogP contribution in [0, 0.1) is 0 Å². The number of nitrogens with zero attached hydrogens (tertiary/aromatic N) is 3. The lowest BCUT2D eigenvalue weighted by Gasteiger charge is -2.32. The van der Waals surface area contributed by atoms with Crippen LogP contribution in [0.3, 0.4) is 0 Å². The molecule has 1 N–H and O–H groups in total. The monoisotopic (exact) mass is 383 g/mol. The van der Waals surface area contributed by atoms with Gasteiger partial charge in [-0.25, -0.2) is 4.90 Å². The molecule has 2 aromatic rings. The second-order valence-corrected chi connectivity index (χ2v) is 7.84. The number of amides is 2. The maximum absolute atomic E-state index is 12.7. The van der Waals surface area contributed by atoms with Gasteiger partial charge in [0, 0.05) is 37.6 Å². The van der Waals surface area contributed by atoms with Crippen molar-refractivity contribution in [2.24, 2.45) is 0 Å². The van der Waals surface area contributed by atoms with Crippen LogP contribution in [0.15, 0.2) is 47.5 Å². The van der Waals surface area contributed by atoms with Gasteiger partial charge in [-0.15, -0.1) is 11.3 Å². The third kappa shape index (κ3) is 3.41. The van der Waals surface area contributed by atoms with Crippen molar-refractivity contribution in [2.45, 2.75) is 6.54 Å². The van der Waals surface area contributed by atoms with Crippen LogP contribution in [0.1, 0.15) is 10.4 Å². The molecule has 27 heavy (non-hydrogen) atoms. The summed E-state index contributed by atoms with van der Waals surface area (Å²) in [5.74, 6) is -1.63. The van der Waals surface area contributed by atoms with Crippen molar-refractivity contribution >= 4 is 34.4 Å². The molecule has 0 atom stereocenters. The molecule has 3 heterocycles. The molecule has 1 aromatic carbocycles. The Morgan fingerprint density at radius 3 is 2.33 bits per heavy atom. The molecular weight excluding hydrogens is 362 g/mol. The highest BCUT2D eigenvalue weighted by Crippen LogP contribution is 2.33. The summed E-state index contributed by atoms with van der Waals surface area (Å²) in [4.78, 5) is 31.5. The van der Waals surface area contributed by atoms with Gasteiger partial charge in [0.15, 0.2) is 5.76 Å². The number of carbonyl (C=O) groups excluding carboxylic acids is 2. The Morgan fingerprint density at radius 2 is 1.70 bits per heavy atom. The minimum atomic E-state index is -0.671. The van der Waals surface area contributed by atoms with E-state index in [1.807, 2.05) is 17.5 Å². The molecule has 0 radical (unpaired) electrons. The number of hydrogen-bond acceptors (Lipinski definition) is 6. The first kappa shape index (κ1) is 17.9. The van der Waals surface area contributed by atoms with Crippen LogP contribution in [-0.2, 0) is 16.1 Å². The first-order valence-corrected chi connectivity index (χ1v) is 9.78. The minimum Gasteiger partial charge on any atom is -0.502 e. The van der Waals surface area contributed by atoms with Crippen molar-refractivity contribution < 1.29 is 14.7 Å². The van der Waals surface area contributed by atoms with Gasteiger partial charge < -0.3 is 10.0 Å². The number of piperazine rings is 1. The summed E-state index contributed by atoms with van der Waals surface area (Å²) < 4.78 is 0. The second-order valence-electron chi connectivity index (χ2n) is 6.89. The summed E-state index contributed by atoms with van der Waals surface area (Å²) in [6, 6.07) is 10.9. The van der Waals surface area contributed by atoms with Gasteiger partial charge in [-0.3, -0.25) is 14.5 Å². The van der Waals surface area contributed by atoms with Crippen LogP contribution in [0.5, 0.6) is 0 Å². The molecule has 1 fully saturated rings. The number of aliphatic hydroxyl groups excluding tert-OH is 1. The Hall–Kier alpha value is -2.48. The molecule has 140 valence electrons. The van der Waals surface area contributed by atoms with E-state index >= 15 is 0 Å². The number of imide groups is 1. The molecule has 0 unspecified atom stereocenters. The third-order valence-electron chi connectivity index (χ3n) is 5.02. The number of carbonyl (C=O) groups is 2. The Bertz CT molecular complexity index is 882. The van der Waals surface area contributed by atoms with Crippen molar-refractivity contribution in [1.82, 2.24) is 9.80 Å². The topological polar surface area (TPSA) is 64.1 Å². The molecule has 1 saturated heterocycles. The van der Waals surface area contributed by atoms with Gasteiger partial charge in [-0.2, -0.15) is 0 Å². The second kappa shape index (κ2) is 7.26. The molecule has 2 aliphatic rings. The molecule has 4 rings (SSSR count). The van der Waals surface area contributed by atoms with Crippen LogP contribution in [-0.4, -0.2) is 59.9 Å². The van der Waals surface area contributed by atoms with Gasteiger partial charge in [0.25, 0.3) is 5.91 Å². The number of hydrogen-bond donors (Lipinski definition) is 1. The highest BCUT2D eigenvalue weighted by molar-refractivity contribution is 7.11. The zero-order valence-electron chi connectivity index (χ0n) is 15.1. The Labute approximate surface area is 161 Å². The molecule has 0 aliphatic carbocycles. The standard InChI is InChI=1S/C20H21N3O3S/c1-21-8-10-22(11-9-21)13-14-4-6-15(7-5-14)23-19(25)17(18(24)20(23)26)16-3-2-12-27-16/h2-7,12,24H,8-11,13H2,1H3. The first-order valence-electron chi connectivity index (χ1n) is 8.90. The van der Waals surface area contributed by atoms with E-state index < -0.39 is 17.6 Å². The average molecular weight is 383 g/mol. The van der Waals surface area contributed by atoms with Crippen LogP contribution in [0.25, 0.3) is 5.57 Å². The lowest BCUT2D eigenvalue weighted by Crippen LogP contribution is -2.43. The molecule has 2 amide bonds. The molecule has 0 saturated carbocycles. The number of thiophene rings is 1. The van der Waals surface area contributed by atoms with Crippen molar-refractivity contribution in [2.75, 3.05) is 38.1 Å². The Kier molecular flexibility index (Phi) is 4.82. The Balaban J connectivity index is 1.49. The predicted molar refractivity (Wildman–Crippen MR) is 106 cm³/mol. The summed E-state index contributed by atoms with van der Waals surface area (Å²) >= 11 is 1.32. The number of anilines is 1. The van der Waals surface area contributed by atoms with Gasteiger partial charge >= 0.3 is 5.91 Å². The van der Waals surface area contributed by atoms with E-state index in [4.69, 9.17) is 0 Å². The molecule has 2 aliphatic heterocycles. The van der Waals surface area contributed by atoms with E-state index in [2.05, 4.69) is 16.8 Å². The Morgan fingerprint density at radius 1 is 1.00 bits per heavy atom. The summed E-state index contributed by atoms with van der Waals surface area (Å²) in [5.41, 5.74) is 1.69. The van der Waals surface area contributed by atoms with Gasteiger partial charge in [-0.05, 0) is 36.2 Å². The first-order chi connectivity index (χ1) is 13.0. The van der Waals surface area contributed by atoms with Gasteiger partial charge in [0.05, 0.1) is 5.69 Å². The van der Waals surface area contributed by atoms with E-state index in [-0.39, 0.29) is 5.57 Å². The lowest BCUT2D eigenvalue weighted by molar-refractivity contribution is -0.121. The number of aliphatic hydroxyl groups is 1. The zero-order valence-corrected chi connectivity index (χ0v) is 15.9. The van der Waals surface area contributed by atoms with Crippen molar-refractivity contribution in [3.63, 3.8) is 0 Å². The van der Waals surface area contributed by atoms with E-state index in [0.717, 1.165) is 43.2 Å². The maximum Gasteiger partial charge on any atom is 0.301 e. The lowest BCUT2D eigenvalue weighted by atomic mass is 10.1. The summed E-state index contributed by atoms with van der Waals surface area (Å²) in [7, 11) is 2.13. The number of benzene rings is 1. The van der Waals surface area contributed by atoms with Crippen LogP contribution in [0.4, 0.5) is 5.69 Å². The maximum atomic E-state index is 12.7. The van der Waals surface area contributed by atoms with Gasteiger partial charge in [-0.1, -0.05) is 18.2 Å². The third-order valence-corrected chi connectivity index (χ3v) is 5.91. The van der Waals surface area contributed by atoms with E-state index in [9.17, 15) is 14.7 Å². The normalized spacial score (nSPS) is 19.4. The number of likely N-dealkylation sites (N-methyl/N-ethyl adjacent to an activating group) is 1. The van der Waals surface area contributed by atoms with Crippen LogP contribution < -0.4 is 4.90 Å².